The van der Waals surface area contributed by atoms with Gasteiger partial charge in [0.15, 0.2) is 0 Å². The van der Waals surface area contributed by atoms with Crippen molar-refractivity contribution in [2.24, 2.45) is 0 Å². The molecule has 1 N–H and O–H groups in total. The van der Waals surface area contributed by atoms with Gasteiger partial charge < -0.3 is 10.1 Å². The molecular formula is C13H14ClFN4O. The maximum atomic E-state index is 13.1. The normalized spacial score (nSPS) is 10.3. The first-order chi connectivity index (χ1) is 9.67. The number of hydrogen-bond donors (Lipinski definition) is 1. The zero-order valence-electron chi connectivity index (χ0n) is 10.9. The molecule has 20 heavy (non-hydrogen) atoms. The number of halogens is 2. The van der Waals surface area contributed by atoms with Crippen molar-refractivity contribution in [2.75, 3.05) is 11.9 Å². The Balaban J connectivity index is 2.03. The fraction of sp³-hybridized carbons (Fsp3) is 0.308. The van der Waals surface area contributed by atoms with Crippen LogP contribution in [0.1, 0.15) is 18.9 Å². The molecule has 106 valence electrons. The number of anilines is 1. The molecule has 1 aromatic heterocycles. The summed E-state index contributed by atoms with van der Waals surface area (Å²) in [5, 5.41) is 3.00. The van der Waals surface area contributed by atoms with Gasteiger partial charge in [-0.25, -0.2) is 4.39 Å². The first-order valence-electron chi connectivity index (χ1n) is 6.20. The standard InChI is InChI=1S/C13H14ClFN4O/c1-2-6-20-13-18-11(14)17-12(19-13)16-8-9-4-3-5-10(15)7-9/h3-5,7H,2,6,8H2,1H3,(H,16,17,18,19). The van der Waals surface area contributed by atoms with E-state index in [1.165, 1.54) is 12.1 Å². The van der Waals surface area contributed by atoms with Gasteiger partial charge >= 0.3 is 6.01 Å². The summed E-state index contributed by atoms with van der Waals surface area (Å²) >= 11 is 5.79. The van der Waals surface area contributed by atoms with Crippen molar-refractivity contribution in [3.63, 3.8) is 0 Å². The number of nitrogens with one attached hydrogen (secondary N) is 1. The summed E-state index contributed by atoms with van der Waals surface area (Å²) in [6, 6.07) is 6.44. The molecule has 0 radical (unpaired) electrons. The summed E-state index contributed by atoms with van der Waals surface area (Å²) in [6.07, 6.45) is 0.843. The lowest BCUT2D eigenvalue weighted by molar-refractivity contribution is 0.291. The average molecular weight is 297 g/mol. The van der Waals surface area contributed by atoms with Crippen LogP contribution in [0.25, 0.3) is 0 Å². The largest absolute Gasteiger partial charge is 0.463 e. The minimum atomic E-state index is -0.287. The third kappa shape index (κ3) is 4.31. The molecule has 0 saturated carbocycles. The van der Waals surface area contributed by atoms with E-state index in [0.29, 0.717) is 19.1 Å². The van der Waals surface area contributed by atoms with Gasteiger partial charge in [0.1, 0.15) is 5.82 Å². The molecule has 0 fully saturated rings. The molecule has 2 aromatic rings. The van der Waals surface area contributed by atoms with Gasteiger partial charge in [-0.15, -0.1) is 0 Å². The van der Waals surface area contributed by atoms with E-state index in [9.17, 15) is 4.39 Å². The van der Waals surface area contributed by atoms with Crippen LogP contribution in [0, 0.1) is 5.82 Å². The SMILES string of the molecule is CCCOc1nc(Cl)nc(NCc2cccc(F)c2)n1. The minimum absolute atomic E-state index is 0.0489. The second-order valence-corrected chi connectivity index (χ2v) is 4.38. The first-order valence-corrected chi connectivity index (χ1v) is 6.58. The number of nitrogens with zero attached hydrogens (tertiary/aromatic N) is 3. The monoisotopic (exact) mass is 296 g/mol. The van der Waals surface area contributed by atoms with Crippen molar-refractivity contribution in [1.82, 2.24) is 15.0 Å². The highest BCUT2D eigenvalue weighted by Crippen LogP contribution is 2.13. The molecule has 0 atom stereocenters. The Bertz CT molecular complexity index is 582. The molecule has 0 amide bonds. The third-order valence-corrected chi connectivity index (χ3v) is 2.53. The van der Waals surface area contributed by atoms with Crippen LogP contribution < -0.4 is 10.1 Å². The summed E-state index contributed by atoms with van der Waals surface area (Å²) in [4.78, 5) is 11.9. The molecule has 0 unspecified atom stereocenters. The maximum Gasteiger partial charge on any atom is 0.322 e. The number of aromatic nitrogens is 3. The molecule has 0 saturated heterocycles. The van der Waals surface area contributed by atoms with E-state index < -0.39 is 0 Å². The van der Waals surface area contributed by atoms with Crippen LogP contribution in [0.15, 0.2) is 24.3 Å². The van der Waals surface area contributed by atoms with Gasteiger partial charge in [-0.1, -0.05) is 19.1 Å². The minimum Gasteiger partial charge on any atom is -0.463 e. The van der Waals surface area contributed by atoms with Crippen LogP contribution in [-0.4, -0.2) is 21.6 Å². The van der Waals surface area contributed by atoms with Crippen molar-refractivity contribution < 1.29 is 9.13 Å². The van der Waals surface area contributed by atoms with Crippen molar-refractivity contribution in [3.8, 4) is 6.01 Å². The van der Waals surface area contributed by atoms with E-state index in [2.05, 4.69) is 20.3 Å². The zero-order chi connectivity index (χ0) is 14.4. The van der Waals surface area contributed by atoms with E-state index >= 15 is 0 Å². The summed E-state index contributed by atoms with van der Waals surface area (Å²) in [5.74, 6) is 0.00492. The van der Waals surface area contributed by atoms with Crippen molar-refractivity contribution >= 4 is 17.5 Å². The quantitative estimate of drug-likeness (QED) is 0.888. The lowest BCUT2D eigenvalue weighted by Gasteiger charge is -2.07. The second-order valence-electron chi connectivity index (χ2n) is 4.04. The van der Waals surface area contributed by atoms with E-state index in [-0.39, 0.29) is 17.1 Å². The molecule has 0 aliphatic rings. The van der Waals surface area contributed by atoms with Crippen LogP contribution in [0.2, 0.25) is 5.28 Å². The van der Waals surface area contributed by atoms with Gasteiger partial charge in [-0.3, -0.25) is 0 Å². The van der Waals surface area contributed by atoms with Gasteiger partial charge in [0.25, 0.3) is 0 Å². The fourth-order valence-electron chi connectivity index (χ4n) is 1.50. The van der Waals surface area contributed by atoms with Crippen molar-refractivity contribution in [1.29, 1.82) is 0 Å². The topological polar surface area (TPSA) is 59.9 Å². The Hall–Kier alpha value is -1.95. The lowest BCUT2D eigenvalue weighted by atomic mass is 10.2. The van der Waals surface area contributed by atoms with E-state index in [0.717, 1.165) is 12.0 Å². The van der Waals surface area contributed by atoms with Crippen LogP contribution in [0.5, 0.6) is 6.01 Å². The Morgan fingerprint density at radius 1 is 1.30 bits per heavy atom. The predicted molar refractivity (Wildman–Crippen MR) is 74.3 cm³/mol. The number of ether oxygens (including phenoxy) is 1. The van der Waals surface area contributed by atoms with Crippen LogP contribution in [0.3, 0.4) is 0 Å². The molecule has 0 aliphatic carbocycles. The maximum absolute atomic E-state index is 13.1. The summed E-state index contributed by atoms with van der Waals surface area (Å²) in [6.45, 7) is 2.86. The highest BCUT2D eigenvalue weighted by molar-refractivity contribution is 6.28. The van der Waals surface area contributed by atoms with Gasteiger partial charge in [-0.05, 0) is 35.7 Å². The lowest BCUT2D eigenvalue weighted by Crippen LogP contribution is -2.07. The molecule has 0 bridgehead atoms. The van der Waals surface area contributed by atoms with Crippen LogP contribution in [0.4, 0.5) is 10.3 Å². The third-order valence-electron chi connectivity index (χ3n) is 2.36. The Morgan fingerprint density at radius 2 is 2.15 bits per heavy atom. The van der Waals surface area contributed by atoms with Gasteiger partial charge in [0, 0.05) is 6.54 Å². The molecule has 2 rings (SSSR count). The Kier molecular flexibility index (Phi) is 5.06. The highest BCUT2D eigenvalue weighted by Gasteiger charge is 2.06. The Labute approximate surface area is 121 Å². The van der Waals surface area contributed by atoms with Crippen molar-refractivity contribution in [3.05, 3.63) is 40.9 Å². The molecule has 5 nitrogen and oxygen atoms in total. The fourth-order valence-corrected chi connectivity index (χ4v) is 1.65. The summed E-state index contributed by atoms with van der Waals surface area (Å²) in [7, 11) is 0. The molecular weight excluding hydrogens is 283 g/mol. The summed E-state index contributed by atoms with van der Waals surface area (Å²) < 4.78 is 18.4. The molecule has 0 aliphatic heterocycles. The Morgan fingerprint density at radius 3 is 2.90 bits per heavy atom. The zero-order valence-corrected chi connectivity index (χ0v) is 11.7. The highest BCUT2D eigenvalue weighted by atomic mass is 35.5. The van der Waals surface area contributed by atoms with Crippen LogP contribution >= 0.6 is 11.6 Å². The number of rotatable bonds is 6. The summed E-state index contributed by atoms with van der Waals surface area (Å²) in [5.41, 5.74) is 0.776. The van der Waals surface area contributed by atoms with E-state index in [1.807, 2.05) is 6.92 Å². The molecule has 0 spiro atoms. The average Bonchev–Trinajstić information content (AvgIpc) is 2.42. The second kappa shape index (κ2) is 7.00. The molecule has 7 heteroatoms. The van der Waals surface area contributed by atoms with Crippen LogP contribution in [-0.2, 0) is 6.54 Å². The number of hydrogen-bond acceptors (Lipinski definition) is 5. The smallest absolute Gasteiger partial charge is 0.322 e. The molecule has 1 aromatic carbocycles. The van der Waals surface area contributed by atoms with Gasteiger partial charge in [-0.2, -0.15) is 15.0 Å². The number of benzene rings is 1. The van der Waals surface area contributed by atoms with E-state index in [1.54, 1.807) is 12.1 Å². The van der Waals surface area contributed by atoms with Gasteiger partial charge in [0.2, 0.25) is 11.2 Å². The molecule has 1 heterocycles. The van der Waals surface area contributed by atoms with Gasteiger partial charge in [0.05, 0.1) is 6.61 Å². The van der Waals surface area contributed by atoms with E-state index in [4.69, 9.17) is 16.3 Å². The predicted octanol–water partition coefficient (Wildman–Crippen LogP) is 3.07. The first kappa shape index (κ1) is 14.5. The van der Waals surface area contributed by atoms with Crippen molar-refractivity contribution in [2.45, 2.75) is 19.9 Å².